The second-order valence-corrected chi connectivity index (χ2v) is 5.79. The van der Waals surface area contributed by atoms with Crippen molar-refractivity contribution in [3.63, 3.8) is 0 Å². The molecular weight excluding hydrogens is 374 g/mol. The average Bonchev–Trinajstić information content (AvgIpc) is 2.67. The van der Waals surface area contributed by atoms with Gasteiger partial charge in [0.25, 0.3) is 5.91 Å². The number of carbonyl (C=O) groups excluding carboxylic acids is 2. The van der Waals surface area contributed by atoms with Gasteiger partial charge in [-0.15, -0.1) is 0 Å². The van der Waals surface area contributed by atoms with Crippen molar-refractivity contribution in [2.45, 2.75) is 13.2 Å². The van der Waals surface area contributed by atoms with Crippen molar-refractivity contribution in [1.29, 1.82) is 0 Å². The number of carbonyl (C=O) groups is 2. The molecule has 0 radical (unpaired) electrons. The Morgan fingerprint density at radius 2 is 1.79 bits per heavy atom. The fraction of sp³-hybridized carbons (Fsp3) is 0.263. The Bertz CT molecular complexity index is 828. The van der Waals surface area contributed by atoms with E-state index in [1.807, 2.05) is 0 Å². The van der Waals surface area contributed by atoms with Crippen molar-refractivity contribution in [1.82, 2.24) is 4.90 Å². The number of rotatable bonds is 9. The van der Waals surface area contributed by atoms with E-state index in [2.05, 4.69) is 4.74 Å². The van der Waals surface area contributed by atoms with Crippen LogP contribution in [-0.4, -0.2) is 44.1 Å². The summed E-state index contributed by atoms with van der Waals surface area (Å²) in [7, 11) is 2.92. The highest BCUT2D eigenvalue weighted by atomic mass is 19.3. The van der Waals surface area contributed by atoms with Crippen LogP contribution in [-0.2, 0) is 11.3 Å². The van der Waals surface area contributed by atoms with Gasteiger partial charge in [-0.05, 0) is 42.0 Å². The van der Waals surface area contributed by atoms with Crippen LogP contribution in [0.15, 0.2) is 42.5 Å². The van der Waals surface area contributed by atoms with Gasteiger partial charge in [0, 0.05) is 19.2 Å². The molecule has 0 aliphatic rings. The number of amides is 2. The number of ether oxygens (including phenoxy) is 3. The van der Waals surface area contributed by atoms with Gasteiger partial charge in [-0.3, -0.25) is 9.59 Å². The lowest BCUT2D eigenvalue weighted by Crippen LogP contribution is -2.31. The van der Waals surface area contributed by atoms with Gasteiger partial charge in [-0.25, -0.2) is 0 Å². The lowest BCUT2D eigenvalue weighted by atomic mass is 10.2. The Morgan fingerprint density at radius 3 is 2.36 bits per heavy atom. The third-order valence-corrected chi connectivity index (χ3v) is 3.79. The van der Waals surface area contributed by atoms with Crippen molar-refractivity contribution in [3.05, 3.63) is 53.6 Å². The predicted octanol–water partition coefficient (Wildman–Crippen LogP) is 2.43. The highest BCUT2D eigenvalue weighted by Crippen LogP contribution is 2.29. The predicted molar refractivity (Wildman–Crippen MR) is 96.6 cm³/mol. The number of likely N-dealkylation sites (N-methyl/N-ethyl adjacent to an activating group) is 1. The van der Waals surface area contributed by atoms with Crippen molar-refractivity contribution in [2.75, 3.05) is 20.8 Å². The molecule has 2 N–H and O–H groups in total. The molecule has 0 heterocycles. The molecule has 150 valence electrons. The highest BCUT2D eigenvalue weighted by molar-refractivity contribution is 5.92. The molecule has 7 nitrogen and oxygen atoms in total. The molecule has 0 bridgehead atoms. The summed E-state index contributed by atoms with van der Waals surface area (Å²) >= 11 is 0. The summed E-state index contributed by atoms with van der Waals surface area (Å²) in [4.78, 5) is 24.7. The number of halogens is 2. The molecule has 0 fully saturated rings. The second-order valence-electron chi connectivity index (χ2n) is 5.79. The summed E-state index contributed by atoms with van der Waals surface area (Å²) in [5, 5.41) is 0. The average molecular weight is 394 g/mol. The first kappa shape index (κ1) is 20.9. The van der Waals surface area contributed by atoms with Crippen LogP contribution in [0.3, 0.4) is 0 Å². The molecule has 0 aromatic heterocycles. The number of primary amides is 1. The SMILES string of the molecule is COc1cc(CN(C)C(=O)COc2ccc(C(N)=O)cc2)ccc1OC(F)F. The lowest BCUT2D eigenvalue weighted by molar-refractivity contribution is -0.132. The molecule has 9 heteroatoms. The molecule has 0 spiro atoms. The lowest BCUT2D eigenvalue weighted by Gasteiger charge is -2.19. The topological polar surface area (TPSA) is 91.1 Å². The van der Waals surface area contributed by atoms with Gasteiger partial charge in [-0.1, -0.05) is 6.07 Å². The summed E-state index contributed by atoms with van der Waals surface area (Å²) in [5.74, 6) is -0.377. The molecule has 0 aliphatic carbocycles. The number of methoxy groups -OCH3 is 1. The second kappa shape index (κ2) is 9.54. The van der Waals surface area contributed by atoms with Crippen molar-refractivity contribution in [2.24, 2.45) is 5.73 Å². The Hall–Kier alpha value is -3.36. The van der Waals surface area contributed by atoms with Crippen LogP contribution < -0.4 is 19.9 Å². The minimum absolute atomic E-state index is 0.0852. The standard InChI is InChI=1S/C19H20F2N2O5/c1-23(10-12-3-8-15(28-19(20)21)16(9-12)26-2)17(24)11-27-14-6-4-13(5-7-14)18(22)25/h3-9,19H,10-11H2,1-2H3,(H2,22,25). The molecule has 2 amide bonds. The van der Waals surface area contributed by atoms with Gasteiger partial charge >= 0.3 is 6.61 Å². The maximum atomic E-state index is 12.4. The van der Waals surface area contributed by atoms with Gasteiger partial charge < -0.3 is 24.8 Å². The van der Waals surface area contributed by atoms with Crippen LogP contribution in [0.2, 0.25) is 0 Å². The van der Waals surface area contributed by atoms with E-state index >= 15 is 0 Å². The van der Waals surface area contributed by atoms with Gasteiger partial charge in [0.1, 0.15) is 5.75 Å². The third-order valence-electron chi connectivity index (χ3n) is 3.79. The third kappa shape index (κ3) is 5.83. The van der Waals surface area contributed by atoms with Crippen molar-refractivity contribution < 1.29 is 32.6 Å². The van der Waals surface area contributed by atoms with Crippen LogP contribution in [0.5, 0.6) is 17.2 Å². The maximum absolute atomic E-state index is 12.4. The first-order chi connectivity index (χ1) is 13.3. The van der Waals surface area contributed by atoms with Crippen molar-refractivity contribution >= 4 is 11.8 Å². The summed E-state index contributed by atoms with van der Waals surface area (Å²) in [6.45, 7) is -2.96. The van der Waals surface area contributed by atoms with Crippen LogP contribution in [0.1, 0.15) is 15.9 Å². The number of benzene rings is 2. The summed E-state index contributed by atoms with van der Waals surface area (Å²) in [6.07, 6.45) is 0. The molecule has 0 atom stereocenters. The first-order valence-electron chi connectivity index (χ1n) is 8.18. The fourth-order valence-corrected chi connectivity index (χ4v) is 2.34. The number of nitrogens with zero attached hydrogens (tertiary/aromatic N) is 1. The normalized spacial score (nSPS) is 10.5. The maximum Gasteiger partial charge on any atom is 0.387 e. The Labute approximate surface area is 160 Å². The molecule has 2 rings (SSSR count). The number of nitrogens with two attached hydrogens (primary N) is 1. The Morgan fingerprint density at radius 1 is 1.11 bits per heavy atom. The Kier molecular flexibility index (Phi) is 7.14. The Balaban J connectivity index is 1.93. The highest BCUT2D eigenvalue weighted by Gasteiger charge is 2.14. The van der Waals surface area contributed by atoms with Crippen molar-refractivity contribution in [3.8, 4) is 17.2 Å². The molecule has 2 aromatic rings. The van der Waals surface area contributed by atoms with Gasteiger partial charge in [0.15, 0.2) is 18.1 Å². The van der Waals surface area contributed by atoms with Crippen LogP contribution >= 0.6 is 0 Å². The van der Waals surface area contributed by atoms with E-state index in [0.29, 0.717) is 16.9 Å². The summed E-state index contributed by atoms with van der Waals surface area (Å²) in [5.41, 5.74) is 6.16. The summed E-state index contributed by atoms with van der Waals surface area (Å²) in [6, 6.07) is 10.5. The minimum atomic E-state index is -2.96. The first-order valence-corrected chi connectivity index (χ1v) is 8.18. The number of alkyl halides is 2. The molecule has 0 unspecified atom stereocenters. The number of hydrogen-bond acceptors (Lipinski definition) is 5. The van der Waals surface area contributed by atoms with E-state index in [-0.39, 0.29) is 30.6 Å². The van der Waals surface area contributed by atoms with Gasteiger partial charge in [0.2, 0.25) is 5.91 Å². The molecule has 0 saturated heterocycles. The van der Waals surface area contributed by atoms with Gasteiger partial charge in [0.05, 0.1) is 7.11 Å². The molecule has 28 heavy (non-hydrogen) atoms. The largest absolute Gasteiger partial charge is 0.493 e. The van der Waals surface area contributed by atoms with E-state index in [9.17, 15) is 18.4 Å². The number of hydrogen-bond donors (Lipinski definition) is 1. The van der Waals surface area contributed by atoms with E-state index in [4.69, 9.17) is 15.2 Å². The van der Waals surface area contributed by atoms with Crippen LogP contribution in [0, 0.1) is 0 Å². The zero-order valence-electron chi connectivity index (χ0n) is 15.4. The smallest absolute Gasteiger partial charge is 0.387 e. The monoisotopic (exact) mass is 394 g/mol. The van der Waals surface area contributed by atoms with E-state index in [1.54, 1.807) is 25.2 Å². The van der Waals surface area contributed by atoms with E-state index in [0.717, 1.165) is 0 Å². The van der Waals surface area contributed by atoms with Gasteiger partial charge in [-0.2, -0.15) is 8.78 Å². The molecule has 0 aliphatic heterocycles. The molecule has 0 saturated carbocycles. The zero-order chi connectivity index (χ0) is 20.7. The van der Waals surface area contributed by atoms with Crippen LogP contribution in [0.25, 0.3) is 0 Å². The fourth-order valence-electron chi connectivity index (χ4n) is 2.34. The van der Waals surface area contributed by atoms with E-state index < -0.39 is 12.5 Å². The zero-order valence-corrected chi connectivity index (χ0v) is 15.4. The van der Waals surface area contributed by atoms with Crippen LogP contribution in [0.4, 0.5) is 8.78 Å². The summed E-state index contributed by atoms with van der Waals surface area (Å²) < 4.78 is 39.6. The molecule has 2 aromatic carbocycles. The minimum Gasteiger partial charge on any atom is -0.493 e. The quantitative estimate of drug-likeness (QED) is 0.705. The molecular formula is C19H20F2N2O5. The van der Waals surface area contributed by atoms with E-state index in [1.165, 1.54) is 36.3 Å².